The van der Waals surface area contributed by atoms with Crippen molar-refractivity contribution in [3.05, 3.63) is 65.7 Å². The molecule has 30 heavy (non-hydrogen) atoms. The molecule has 5 nitrogen and oxygen atoms in total. The van der Waals surface area contributed by atoms with Crippen molar-refractivity contribution in [1.82, 2.24) is 14.1 Å². The molecule has 0 saturated carbocycles. The van der Waals surface area contributed by atoms with Crippen LogP contribution in [0.15, 0.2) is 59.5 Å². The van der Waals surface area contributed by atoms with Crippen LogP contribution in [0, 0.1) is 0 Å². The fourth-order valence-electron chi connectivity index (χ4n) is 5.04. The van der Waals surface area contributed by atoms with Crippen molar-refractivity contribution in [2.75, 3.05) is 27.2 Å². The molecule has 2 unspecified atom stereocenters. The summed E-state index contributed by atoms with van der Waals surface area (Å²) >= 11 is 0. The van der Waals surface area contributed by atoms with E-state index in [0.717, 1.165) is 25.2 Å². The fraction of sp³-hybridized carbons (Fsp3) is 0.500. The Labute approximate surface area is 181 Å². The van der Waals surface area contributed by atoms with Crippen molar-refractivity contribution in [1.29, 1.82) is 0 Å². The van der Waals surface area contributed by atoms with E-state index in [-0.39, 0.29) is 0 Å². The van der Waals surface area contributed by atoms with E-state index in [1.807, 2.05) is 12.1 Å². The lowest BCUT2D eigenvalue weighted by Crippen LogP contribution is -2.45. The third kappa shape index (κ3) is 4.62. The Morgan fingerprint density at radius 1 is 0.833 bits per heavy atom. The molecule has 2 saturated heterocycles. The maximum absolute atomic E-state index is 12.5. The Kier molecular flexibility index (Phi) is 6.58. The zero-order chi connectivity index (χ0) is 21.1. The molecule has 2 fully saturated rings. The van der Waals surface area contributed by atoms with Gasteiger partial charge in [0.1, 0.15) is 0 Å². The van der Waals surface area contributed by atoms with Crippen LogP contribution in [0.25, 0.3) is 0 Å². The number of likely N-dealkylation sites (tertiary alicyclic amines) is 2. The zero-order valence-corrected chi connectivity index (χ0v) is 18.9. The molecule has 2 aliphatic rings. The molecule has 2 aromatic rings. The highest BCUT2D eigenvalue weighted by atomic mass is 32.2. The summed E-state index contributed by atoms with van der Waals surface area (Å²) in [5.41, 5.74) is 2.47. The van der Waals surface area contributed by atoms with Crippen molar-refractivity contribution < 1.29 is 8.42 Å². The molecule has 162 valence electrons. The van der Waals surface area contributed by atoms with Gasteiger partial charge >= 0.3 is 0 Å². The lowest BCUT2D eigenvalue weighted by atomic mass is 10.0. The van der Waals surface area contributed by atoms with E-state index in [2.05, 4.69) is 46.2 Å². The molecule has 0 aliphatic carbocycles. The van der Waals surface area contributed by atoms with Crippen LogP contribution in [-0.2, 0) is 23.1 Å². The summed E-state index contributed by atoms with van der Waals surface area (Å²) in [4.78, 5) is 5.62. The Hall–Kier alpha value is -1.73. The van der Waals surface area contributed by atoms with E-state index >= 15 is 0 Å². The van der Waals surface area contributed by atoms with Crippen LogP contribution in [0.4, 0.5) is 0 Å². The summed E-state index contributed by atoms with van der Waals surface area (Å²) in [5, 5.41) is 0. The van der Waals surface area contributed by atoms with Crippen LogP contribution in [0.1, 0.15) is 36.8 Å². The van der Waals surface area contributed by atoms with Gasteiger partial charge in [0, 0.05) is 39.3 Å². The first-order valence-corrected chi connectivity index (χ1v) is 12.4. The van der Waals surface area contributed by atoms with Crippen molar-refractivity contribution >= 4 is 10.0 Å². The molecule has 0 bridgehead atoms. The molecule has 2 aliphatic heterocycles. The average molecular weight is 428 g/mol. The summed E-state index contributed by atoms with van der Waals surface area (Å²) in [6, 6.07) is 19.4. The number of nitrogens with zero attached hydrogens (tertiary/aromatic N) is 3. The second kappa shape index (κ2) is 9.18. The van der Waals surface area contributed by atoms with Crippen LogP contribution >= 0.6 is 0 Å². The summed E-state index contributed by atoms with van der Waals surface area (Å²) < 4.78 is 26.3. The molecule has 2 aromatic carbocycles. The van der Waals surface area contributed by atoms with Crippen LogP contribution in [0.5, 0.6) is 0 Å². The maximum Gasteiger partial charge on any atom is 0.242 e. The molecule has 0 N–H and O–H groups in total. The smallest absolute Gasteiger partial charge is 0.242 e. The Bertz CT molecular complexity index is 946. The Morgan fingerprint density at radius 3 is 2.00 bits per heavy atom. The SMILES string of the molecule is CN(C)S(=O)(=O)c1cccc(CN2CCCC2C2CCCN2Cc2ccccc2)c1. The normalized spacial score (nSPS) is 23.4. The molecule has 0 spiro atoms. The average Bonchev–Trinajstić information content (AvgIpc) is 3.38. The van der Waals surface area contributed by atoms with Crippen LogP contribution in [0.3, 0.4) is 0 Å². The van der Waals surface area contributed by atoms with E-state index in [1.54, 1.807) is 20.2 Å². The van der Waals surface area contributed by atoms with Gasteiger partial charge in [0.15, 0.2) is 0 Å². The van der Waals surface area contributed by atoms with Gasteiger partial charge in [0.05, 0.1) is 4.90 Å². The Morgan fingerprint density at radius 2 is 1.40 bits per heavy atom. The third-order valence-corrected chi connectivity index (χ3v) is 8.37. The van der Waals surface area contributed by atoms with Crippen LogP contribution < -0.4 is 0 Å². The van der Waals surface area contributed by atoms with Crippen molar-refractivity contribution in [2.45, 2.75) is 55.8 Å². The highest BCUT2D eigenvalue weighted by Gasteiger charge is 2.37. The van der Waals surface area contributed by atoms with Gasteiger partial charge < -0.3 is 0 Å². The van der Waals surface area contributed by atoms with Gasteiger partial charge in [-0.1, -0.05) is 42.5 Å². The quantitative estimate of drug-likeness (QED) is 0.678. The molecule has 4 rings (SSSR count). The molecule has 2 atom stereocenters. The van der Waals surface area contributed by atoms with E-state index < -0.39 is 10.0 Å². The van der Waals surface area contributed by atoms with Crippen LogP contribution in [-0.4, -0.2) is 61.8 Å². The summed E-state index contributed by atoms with van der Waals surface area (Å²) in [6.07, 6.45) is 4.96. The van der Waals surface area contributed by atoms with Gasteiger partial charge in [-0.25, -0.2) is 12.7 Å². The summed E-state index contributed by atoms with van der Waals surface area (Å²) in [5.74, 6) is 0. The monoisotopic (exact) mass is 427 g/mol. The minimum absolute atomic E-state index is 0.382. The van der Waals surface area contributed by atoms with Gasteiger partial charge in [-0.3, -0.25) is 9.80 Å². The van der Waals surface area contributed by atoms with E-state index in [9.17, 15) is 8.42 Å². The predicted molar refractivity (Wildman–Crippen MR) is 121 cm³/mol. The molecule has 0 aromatic heterocycles. The standard InChI is InChI=1S/C24H33N3O2S/c1-25(2)30(28,29)22-12-6-11-21(17-22)19-27-16-8-14-24(27)23-13-7-15-26(23)18-20-9-4-3-5-10-20/h3-6,9-12,17,23-24H,7-8,13-16,18-19H2,1-2H3. The molecule has 2 heterocycles. The van der Waals surface area contributed by atoms with Gasteiger partial charge in [-0.15, -0.1) is 0 Å². The van der Waals surface area contributed by atoms with E-state index in [4.69, 9.17) is 0 Å². The molecule has 6 heteroatoms. The third-order valence-electron chi connectivity index (χ3n) is 6.56. The topological polar surface area (TPSA) is 43.9 Å². The number of hydrogen-bond donors (Lipinski definition) is 0. The lowest BCUT2D eigenvalue weighted by Gasteiger charge is -2.35. The van der Waals surface area contributed by atoms with Crippen LogP contribution in [0.2, 0.25) is 0 Å². The highest BCUT2D eigenvalue weighted by Crippen LogP contribution is 2.32. The van der Waals surface area contributed by atoms with E-state index in [0.29, 0.717) is 17.0 Å². The summed E-state index contributed by atoms with van der Waals surface area (Å²) in [6.45, 7) is 4.09. The minimum atomic E-state index is -3.40. The first-order chi connectivity index (χ1) is 14.4. The fourth-order valence-corrected chi connectivity index (χ4v) is 6.01. The molecule has 0 amide bonds. The summed E-state index contributed by atoms with van der Waals surface area (Å²) in [7, 11) is -0.232. The van der Waals surface area contributed by atoms with Gasteiger partial charge in [0.2, 0.25) is 10.0 Å². The van der Waals surface area contributed by atoms with E-state index in [1.165, 1.54) is 42.1 Å². The first kappa shape index (κ1) is 21.5. The minimum Gasteiger partial charge on any atom is -0.295 e. The van der Waals surface area contributed by atoms with Crippen molar-refractivity contribution in [3.63, 3.8) is 0 Å². The maximum atomic E-state index is 12.5. The van der Waals surface area contributed by atoms with Gasteiger partial charge in [0.25, 0.3) is 0 Å². The first-order valence-electron chi connectivity index (χ1n) is 11.0. The molecular formula is C24H33N3O2S. The second-order valence-electron chi connectivity index (χ2n) is 8.78. The number of rotatable bonds is 7. The largest absolute Gasteiger partial charge is 0.295 e. The number of benzene rings is 2. The second-order valence-corrected chi connectivity index (χ2v) is 10.9. The number of hydrogen-bond acceptors (Lipinski definition) is 4. The van der Waals surface area contributed by atoms with Crippen molar-refractivity contribution in [2.24, 2.45) is 0 Å². The number of sulfonamides is 1. The predicted octanol–water partition coefficient (Wildman–Crippen LogP) is 3.57. The lowest BCUT2D eigenvalue weighted by molar-refractivity contribution is 0.124. The zero-order valence-electron chi connectivity index (χ0n) is 18.1. The van der Waals surface area contributed by atoms with Gasteiger partial charge in [-0.05, 0) is 62.0 Å². The molecular weight excluding hydrogens is 394 g/mol. The van der Waals surface area contributed by atoms with Crippen molar-refractivity contribution in [3.8, 4) is 0 Å². The van der Waals surface area contributed by atoms with Gasteiger partial charge in [-0.2, -0.15) is 0 Å². The Balaban J connectivity index is 1.48. The molecule has 0 radical (unpaired) electrons. The highest BCUT2D eigenvalue weighted by molar-refractivity contribution is 7.89.